The van der Waals surface area contributed by atoms with E-state index in [9.17, 15) is 4.79 Å². The van der Waals surface area contributed by atoms with E-state index in [1.165, 1.54) is 5.56 Å². The average molecular weight is 419 g/mol. The van der Waals surface area contributed by atoms with Crippen molar-refractivity contribution in [2.45, 2.75) is 54.6 Å². The molecule has 5 heteroatoms. The molecule has 2 rings (SSSR count). The predicted octanol–water partition coefficient (Wildman–Crippen LogP) is 5.97. The van der Waals surface area contributed by atoms with E-state index in [1.807, 2.05) is 71.0 Å². The summed E-state index contributed by atoms with van der Waals surface area (Å²) in [6, 6.07) is 15.9. The molecule has 0 aliphatic heterocycles. The van der Waals surface area contributed by atoms with Crippen LogP contribution in [0.5, 0.6) is 5.75 Å². The van der Waals surface area contributed by atoms with Crippen molar-refractivity contribution in [2.75, 3.05) is 27.2 Å². The van der Waals surface area contributed by atoms with Gasteiger partial charge in [0, 0.05) is 6.54 Å². The molecule has 30 heavy (non-hydrogen) atoms. The molecule has 0 unspecified atom stereocenters. The van der Waals surface area contributed by atoms with Crippen molar-refractivity contribution in [3.8, 4) is 5.75 Å². The Hall–Kier alpha value is -2.53. The molecule has 0 heterocycles. The number of nitrogens with zero attached hydrogens (tertiary/aromatic N) is 1. The number of aryl methyl sites for hydroxylation is 2. The molecule has 0 saturated carbocycles. The second kappa shape index (κ2) is 19.8. The van der Waals surface area contributed by atoms with E-state index in [-0.39, 0.29) is 6.61 Å². The van der Waals surface area contributed by atoms with Crippen molar-refractivity contribution in [3.63, 3.8) is 0 Å². The van der Waals surface area contributed by atoms with Crippen LogP contribution >= 0.6 is 0 Å². The second-order valence-electron chi connectivity index (χ2n) is 6.35. The Balaban J connectivity index is 0. The van der Waals surface area contributed by atoms with Gasteiger partial charge in [0.25, 0.3) is 0 Å². The number of ether oxygens (including phenoxy) is 2. The van der Waals surface area contributed by atoms with Crippen LogP contribution in [0, 0.1) is 13.8 Å². The lowest BCUT2D eigenvalue weighted by molar-refractivity contribution is 0.150. The number of rotatable bonds is 7. The molecular formula is C25H42N2O3. The quantitative estimate of drug-likeness (QED) is 0.563. The summed E-state index contributed by atoms with van der Waals surface area (Å²) < 4.78 is 10.2. The Morgan fingerprint density at radius 3 is 2.00 bits per heavy atom. The molecule has 170 valence electrons. The topological polar surface area (TPSA) is 64.8 Å². The fraction of sp³-hybridized carbons (Fsp3) is 0.480. The number of carbonyl (C=O) groups excluding carboxylic acids is 1. The summed E-state index contributed by atoms with van der Waals surface area (Å²) in [5, 5.41) is 0. The number of benzene rings is 2. The van der Waals surface area contributed by atoms with E-state index < -0.39 is 6.09 Å². The van der Waals surface area contributed by atoms with Gasteiger partial charge in [0.15, 0.2) is 0 Å². The summed E-state index contributed by atoms with van der Waals surface area (Å²) in [4.78, 5) is 12.4. The lowest BCUT2D eigenvalue weighted by Gasteiger charge is -2.10. The molecule has 0 aromatic heterocycles. The van der Waals surface area contributed by atoms with E-state index in [1.54, 1.807) is 0 Å². The third-order valence-electron chi connectivity index (χ3n) is 3.67. The Morgan fingerprint density at radius 1 is 0.933 bits per heavy atom. The number of hydrogen-bond acceptors (Lipinski definition) is 4. The fourth-order valence-electron chi connectivity index (χ4n) is 2.13. The third kappa shape index (κ3) is 16.4. The number of hydrogen-bond donors (Lipinski definition) is 1. The summed E-state index contributed by atoms with van der Waals surface area (Å²) >= 11 is 0. The van der Waals surface area contributed by atoms with Crippen LogP contribution < -0.4 is 10.5 Å². The maximum atomic E-state index is 10.3. The number of nitrogens with two attached hydrogens (primary N) is 1. The summed E-state index contributed by atoms with van der Waals surface area (Å²) in [7, 11) is 4.15. The first-order valence-electron chi connectivity index (χ1n) is 10.7. The van der Waals surface area contributed by atoms with Crippen molar-refractivity contribution in [1.82, 2.24) is 4.90 Å². The molecule has 0 bridgehead atoms. The molecule has 2 aromatic carbocycles. The van der Waals surface area contributed by atoms with Crippen LogP contribution in [0.25, 0.3) is 0 Å². The Morgan fingerprint density at radius 2 is 1.50 bits per heavy atom. The first kappa shape index (κ1) is 29.7. The molecule has 5 nitrogen and oxygen atoms in total. The molecule has 0 atom stereocenters. The summed E-state index contributed by atoms with van der Waals surface area (Å²) in [5.41, 5.74) is 8.18. The first-order chi connectivity index (χ1) is 14.4. The zero-order chi connectivity index (χ0) is 23.4. The van der Waals surface area contributed by atoms with E-state index in [0.717, 1.165) is 36.4 Å². The zero-order valence-corrected chi connectivity index (χ0v) is 20.2. The van der Waals surface area contributed by atoms with Crippen molar-refractivity contribution in [1.29, 1.82) is 0 Å². The van der Waals surface area contributed by atoms with Crippen LogP contribution in [0.15, 0.2) is 48.5 Å². The van der Waals surface area contributed by atoms with Crippen molar-refractivity contribution in [2.24, 2.45) is 5.73 Å². The van der Waals surface area contributed by atoms with Gasteiger partial charge in [-0.25, -0.2) is 4.79 Å². The Bertz CT molecular complexity index is 656. The zero-order valence-electron chi connectivity index (χ0n) is 20.2. The maximum absolute atomic E-state index is 10.3. The van der Waals surface area contributed by atoms with Crippen molar-refractivity contribution < 1.29 is 14.3 Å². The van der Waals surface area contributed by atoms with E-state index in [0.29, 0.717) is 0 Å². The molecule has 0 fully saturated rings. The Kier molecular flexibility index (Phi) is 19.6. The highest BCUT2D eigenvalue weighted by molar-refractivity contribution is 5.64. The van der Waals surface area contributed by atoms with Gasteiger partial charge in [0.05, 0.1) is 6.61 Å². The highest BCUT2D eigenvalue weighted by Crippen LogP contribution is 2.11. The monoisotopic (exact) mass is 418 g/mol. The van der Waals surface area contributed by atoms with Crippen LogP contribution in [0.3, 0.4) is 0 Å². The molecule has 0 aliphatic carbocycles. The van der Waals surface area contributed by atoms with Gasteiger partial charge in [-0.05, 0) is 57.6 Å². The molecule has 1 amide bonds. The molecular weight excluding hydrogens is 376 g/mol. The first-order valence-corrected chi connectivity index (χ1v) is 10.7. The largest absolute Gasteiger partial charge is 0.494 e. The van der Waals surface area contributed by atoms with Crippen LogP contribution in [-0.4, -0.2) is 38.2 Å². The summed E-state index contributed by atoms with van der Waals surface area (Å²) in [5.74, 6) is 0.967. The Labute approximate surface area is 184 Å². The van der Waals surface area contributed by atoms with E-state index in [2.05, 4.69) is 42.8 Å². The van der Waals surface area contributed by atoms with Gasteiger partial charge >= 0.3 is 6.09 Å². The van der Waals surface area contributed by atoms with Gasteiger partial charge in [-0.2, -0.15) is 0 Å². The summed E-state index contributed by atoms with van der Waals surface area (Å²) in [6.07, 6.45) is 0.333. The highest BCUT2D eigenvalue weighted by Gasteiger charge is 1.98. The van der Waals surface area contributed by atoms with Gasteiger partial charge in [-0.15, -0.1) is 0 Å². The SMILES string of the molecule is CC.CC.Cc1ccc(OCCCN(C)C)cc1.Cc1ccccc1COC(N)=O. The van der Waals surface area contributed by atoms with E-state index in [4.69, 9.17) is 10.5 Å². The normalized spacial score (nSPS) is 9.10. The lowest BCUT2D eigenvalue weighted by atomic mass is 10.1. The molecule has 2 aromatic rings. The van der Waals surface area contributed by atoms with Crippen molar-refractivity contribution >= 4 is 6.09 Å². The molecule has 0 radical (unpaired) electrons. The van der Waals surface area contributed by atoms with Gasteiger partial charge in [-0.1, -0.05) is 69.7 Å². The molecule has 2 N–H and O–H groups in total. The number of amides is 1. The van der Waals surface area contributed by atoms with Crippen LogP contribution in [-0.2, 0) is 11.3 Å². The van der Waals surface area contributed by atoms with Gasteiger partial charge in [0.2, 0.25) is 0 Å². The lowest BCUT2D eigenvalue weighted by Crippen LogP contribution is -2.15. The van der Waals surface area contributed by atoms with Crippen molar-refractivity contribution in [3.05, 3.63) is 65.2 Å². The van der Waals surface area contributed by atoms with Crippen LogP contribution in [0.2, 0.25) is 0 Å². The minimum Gasteiger partial charge on any atom is -0.494 e. The minimum atomic E-state index is -0.738. The molecule has 0 aliphatic rings. The standard InChI is InChI=1S/C12H19NO.C9H11NO2.2C2H6/c1-11-5-7-12(8-6-11)14-10-4-9-13(2)3;1-7-4-2-3-5-8(7)6-12-9(10)11;2*1-2/h5-8H,4,9-10H2,1-3H3;2-5H,6H2,1H3,(H2,10,11);2*1-2H3. The number of primary amides is 1. The fourth-order valence-corrected chi connectivity index (χ4v) is 2.13. The minimum absolute atomic E-state index is 0.252. The van der Waals surface area contributed by atoms with E-state index >= 15 is 0 Å². The van der Waals surface area contributed by atoms with Gasteiger partial charge < -0.3 is 20.1 Å². The summed E-state index contributed by atoms with van der Waals surface area (Å²) in [6.45, 7) is 14.2. The second-order valence-corrected chi connectivity index (χ2v) is 6.35. The maximum Gasteiger partial charge on any atom is 0.404 e. The molecule has 0 spiro atoms. The number of carbonyl (C=O) groups is 1. The average Bonchev–Trinajstić information content (AvgIpc) is 2.75. The van der Waals surface area contributed by atoms with Crippen LogP contribution in [0.1, 0.15) is 50.8 Å². The smallest absolute Gasteiger partial charge is 0.404 e. The van der Waals surface area contributed by atoms with Crippen LogP contribution in [0.4, 0.5) is 4.79 Å². The van der Waals surface area contributed by atoms with Gasteiger partial charge in [-0.3, -0.25) is 0 Å². The highest BCUT2D eigenvalue weighted by atomic mass is 16.5. The van der Waals surface area contributed by atoms with Gasteiger partial charge in [0.1, 0.15) is 12.4 Å². The molecule has 0 saturated heterocycles. The third-order valence-corrected chi connectivity index (χ3v) is 3.67. The predicted molar refractivity (Wildman–Crippen MR) is 128 cm³/mol.